The minimum absolute atomic E-state index is 0.109. The number of hydrogen-bond donors (Lipinski definition) is 1. The van der Waals surface area contributed by atoms with Crippen LogP contribution in [0.2, 0.25) is 5.02 Å². The first-order valence-corrected chi connectivity index (χ1v) is 9.20. The molecule has 0 saturated carbocycles. The first-order valence-electron chi connectivity index (χ1n) is 6.96. The zero-order chi connectivity index (χ0) is 16.5. The van der Waals surface area contributed by atoms with E-state index in [2.05, 4.69) is 20.2 Å². The van der Waals surface area contributed by atoms with Crippen LogP contribution in [0.4, 0.5) is 0 Å². The molecule has 1 aromatic carbocycles. The summed E-state index contributed by atoms with van der Waals surface area (Å²) in [6, 6.07) is 9.30. The summed E-state index contributed by atoms with van der Waals surface area (Å²) < 4.78 is 2.49. The highest BCUT2D eigenvalue weighted by atomic mass is 35.5. The van der Waals surface area contributed by atoms with Gasteiger partial charge in [0.05, 0.1) is 17.0 Å². The average Bonchev–Trinajstić information content (AvgIpc) is 3.22. The first kappa shape index (κ1) is 15.4. The van der Waals surface area contributed by atoms with Gasteiger partial charge in [-0.05, 0) is 29.6 Å². The van der Waals surface area contributed by atoms with E-state index >= 15 is 0 Å². The van der Waals surface area contributed by atoms with Crippen LogP contribution in [0, 0.1) is 0 Å². The fourth-order valence-electron chi connectivity index (χ4n) is 2.25. The van der Waals surface area contributed by atoms with E-state index in [0.29, 0.717) is 26.5 Å². The predicted molar refractivity (Wildman–Crippen MR) is 96.2 cm³/mol. The Kier molecular flexibility index (Phi) is 4.09. The van der Waals surface area contributed by atoms with Gasteiger partial charge in [-0.3, -0.25) is 9.36 Å². The first-order chi connectivity index (χ1) is 11.7. The molecule has 0 aliphatic carbocycles. The molecule has 0 aliphatic heterocycles. The van der Waals surface area contributed by atoms with Gasteiger partial charge in [-0.1, -0.05) is 29.4 Å². The van der Waals surface area contributed by atoms with Crippen molar-refractivity contribution in [2.75, 3.05) is 0 Å². The molecule has 9 heteroatoms. The Balaban J connectivity index is 1.60. The molecule has 0 bridgehead atoms. The van der Waals surface area contributed by atoms with E-state index in [1.54, 1.807) is 6.33 Å². The lowest BCUT2D eigenvalue weighted by atomic mass is 10.3. The molecule has 4 aromatic rings. The molecule has 1 N–H and O–H groups in total. The van der Waals surface area contributed by atoms with Crippen LogP contribution in [0.25, 0.3) is 15.9 Å². The molecular weight excluding hydrogens is 366 g/mol. The summed E-state index contributed by atoms with van der Waals surface area (Å²) in [6.45, 7) is 0. The Labute approximate surface area is 149 Å². The summed E-state index contributed by atoms with van der Waals surface area (Å²) in [7, 11) is 0. The van der Waals surface area contributed by atoms with Crippen molar-refractivity contribution in [3.8, 4) is 5.69 Å². The van der Waals surface area contributed by atoms with Gasteiger partial charge in [-0.25, -0.2) is 4.98 Å². The minimum Gasteiger partial charge on any atom is -0.309 e. The average molecular weight is 376 g/mol. The van der Waals surface area contributed by atoms with Gasteiger partial charge in [0.15, 0.2) is 5.16 Å². The lowest BCUT2D eigenvalue weighted by molar-refractivity contribution is 0.881. The standard InChI is InChI=1S/C15H10ClN5OS2/c16-9-2-1-3-10(6-9)21-8-17-20-15(21)24-7-12-18-11-4-5-23-13(11)14(22)19-12/h1-6,8H,7H2,(H,18,19,22). The van der Waals surface area contributed by atoms with Crippen LogP contribution in [0.5, 0.6) is 0 Å². The third kappa shape index (κ3) is 2.95. The SMILES string of the molecule is O=c1[nH]c(CSc2nncn2-c2cccc(Cl)c2)nc2ccsc12. The van der Waals surface area contributed by atoms with Crippen molar-refractivity contribution in [1.29, 1.82) is 0 Å². The molecule has 24 heavy (non-hydrogen) atoms. The van der Waals surface area contributed by atoms with Gasteiger partial charge < -0.3 is 4.98 Å². The number of rotatable bonds is 4. The van der Waals surface area contributed by atoms with Gasteiger partial charge in [0.1, 0.15) is 16.9 Å². The molecule has 0 aliphatic rings. The number of aromatic amines is 1. The van der Waals surface area contributed by atoms with Gasteiger partial charge in [0.2, 0.25) is 0 Å². The van der Waals surface area contributed by atoms with Crippen molar-refractivity contribution in [3.63, 3.8) is 0 Å². The molecule has 0 unspecified atom stereocenters. The van der Waals surface area contributed by atoms with Gasteiger partial charge >= 0.3 is 0 Å². The predicted octanol–water partition coefficient (Wildman–Crippen LogP) is 3.51. The quantitative estimate of drug-likeness (QED) is 0.552. The van der Waals surface area contributed by atoms with Crippen LogP contribution in [0.3, 0.4) is 0 Å². The lowest BCUT2D eigenvalue weighted by Gasteiger charge is -2.06. The van der Waals surface area contributed by atoms with Crippen LogP contribution in [-0.4, -0.2) is 24.7 Å². The number of thiophene rings is 1. The molecular formula is C15H10ClN5OS2. The Bertz CT molecular complexity index is 1070. The van der Waals surface area contributed by atoms with Crippen LogP contribution in [-0.2, 0) is 5.75 Å². The van der Waals surface area contributed by atoms with E-state index in [4.69, 9.17) is 11.6 Å². The molecule has 0 radical (unpaired) electrons. The van der Waals surface area contributed by atoms with E-state index in [0.717, 1.165) is 11.2 Å². The molecule has 3 aromatic heterocycles. The summed E-state index contributed by atoms with van der Waals surface area (Å²) in [5.41, 5.74) is 1.49. The van der Waals surface area contributed by atoms with Crippen molar-refractivity contribution < 1.29 is 0 Å². The number of H-pyrrole nitrogens is 1. The van der Waals surface area contributed by atoms with Crippen molar-refractivity contribution in [2.24, 2.45) is 0 Å². The van der Waals surface area contributed by atoms with Crippen molar-refractivity contribution in [1.82, 2.24) is 24.7 Å². The maximum atomic E-state index is 12.0. The Morgan fingerprint density at radius 1 is 1.33 bits per heavy atom. The van der Waals surface area contributed by atoms with Crippen molar-refractivity contribution in [3.05, 3.63) is 63.2 Å². The van der Waals surface area contributed by atoms with Crippen LogP contribution in [0.1, 0.15) is 5.82 Å². The normalized spacial score (nSPS) is 11.2. The molecule has 120 valence electrons. The fraction of sp³-hybridized carbons (Fsp3) is 0.0667. The van der Waals surface area contributed by atoms with Gasteiger partial charge in [-0.2, -0.15) is 0 Å². The summed E-state index contributed by atoms with van der Waals surface area (Å²) in [5, 5.41) is 11.3. The van der Waals surface area contributed by atoms with Crippen molar-refractivity contribution in [2.45, 2.75) is 10.9 Å². The summed E-state index contributed by atoms with van der Waals surface area (Å²) in [6.07, 6.45) is 1.63. The van der Waals surface area contributed by atoms with E-state index in [9.17, 15) is 4.79 Å². The number of fused-ring (bicyclic) bond motifs is 1. The zero-order valence-corrected chi connectivity index (χ0v) is 14.5. The lowest BCUT2D eigenvalue weighted by Crippen LogP contribution is -2.09. The Hall–Kier alpha value is -2.16. The number of benzene rings is 1. The van der Waals surface area contributed by atoms with E-state index in [1.807, 2.05) is 40.3 Å². The van der Waals surface area contributed by atoms with E-state index in [-0.39, 0.29) is 5.56 Å². The van der Waals surface area contributed by atoms with Crippen LogP contribution < -0.4 is 5.56 Å². The molecule has 6 nitrogen and oxygen atoms in total. The van der Waals surface area contributed by atoms with Crippen LogP contribution >= 0.6 is 34.7 Å². The minimum atomic E-state index is -0.109. The molecule has 0 saturated heterocycles. The molecule has 0 spiro atoms. The van der Waals surface area contributed by atoms with Gasteiger partial charge in [-0.15, -0.1) is 21.5 Å². The maximum Gasteiger partial charge on any atom is 0.268 e. The molecule has 4 rings (SSSR count). The number of aromatic nitrogens is 5. The second kappa shape index (κ2) is 6.39. The van der Waals surface area contributed by atoms with Crippen LogP contribution in [0.15, 0.2) is 52.0 Å². The fourth-order valence-corrected chi connectivity index (χ4v) is 3.96. The topological polar surface area (TPSA) is 76.5 Å². The highest BCUT2D eigenvalue weighted by Crippen LogP contribution is 2.24. The molecule has 0 fully saturated rings. The van der Waals surface area contributed by atoms with Gasteiger partial charge in [0.25, 0.3) is 5.56 Å². The monoisotopic (exact) mass is 375 g/mol. The second-order valence-corrected chi connectivity index (χ2v) is 7.19. The van der Waals surface area contributed by atoms with E-state index < -0.39 is 0 Å². The maximum absolute atomic E-state index is 12.0. The summed E-state index contributed by atoms with van der Waals surface area (Å²) in [4.78, 5) is 19.3. The summed E-state index contributed by atoms with van der Waals surface area (Å²) in [5.74, 6) is 1.09. The van der Waals surface area contributed by atoms with Crippen molar-refractivity contribution >= 4 is 44.9 Å². The van der Waals surface area contributed by atoms with E-state index in [1.165, 1.54) is 23.1 Å². The Morgan fingerprint density at radius 3 is 3.12 bits per heavy atom. The number of halogens is 1. The number of nitrogens with zero attached hydrogens (tertiary/aromatic N) is 4. The summed E-state index contributed by atoms with van der Waals surface area (Å²) >= 11 is 8.87. The molecule has 0 atom stereocenters. The van der Waals surface area contributed by atoms with Gasteiger partial charge in [0, 0.05) is 5.02 Å². The molecule has 0 amide bonds. The third-order valence-corrected chi connectivity index (χ3v) is 5.40. The third-order valence-electron chi connectivity index (χ3n) is 3.30. The largest absolute Gasteiger partial charge is 0.309 e. The molecule has 3 heterocycles. The number of thioether (sulfide) groups is 1. The second-order valence-electron chi connectivity index (χ2n) is 4.90. The Morgan fingerprint density at radius 2 is 2.25 bits per heavy atom. The highest BCUT2D eigenvalue weighted by molar-refractivity contribution is 7.98. The smallest absolute Gasteiger partial charge is 0.268 e. The highest BCUT2D eigenvalue weighted by Gasteiger charge is 2.10. The number of hydrogen-bond acceptors (Lipinski definition) is 6. The zero-order valence-electron chi connectivity index (χ0n) is 12.1. The number of nitrogens with one attached hydrogen (secondary N) is 1.